The van der Waals surface area contributed by atoms with E-state index in [1.54, 1.807) is 12.1 Å². The molecular formula is C38H36N2O7. The summed E-state index contributed by atoms with van der Waals surface area (Å²) in [6.45, 7) is 0.377. The highest BCUT2D eigenvalue weighted by Gasteiger charge is 2.61. The number of rotatable bonds is 8. The van der Waals surface area contributed by atoms with Crippen LogP contribution in [-0.2, 0) is 32.3 Å². The Kier molecular flexibility index (Phi) is 7.91. The van der Waals surface area contributed by atoms with Crippen molar-refractivity contribution in [1.29, 1.82) is 0 Å². The largest absolute Gasteiger partial charge is 0.502 e. The molecule has 3 aromatic rings. The van der Waals surface area contributed by atoms with E-state index in [0.717, 1.165) is 16.7 Å². The lowest BCUT2D eigenvalue weighted by Gasteiger charge is -2.42. The summed E-state index contributed by atoms with van der Waals surface area (Å²) in [7, 11) is 2.90. The number of phenols is 1. The summed E-state index contributed by atoms with van der Waals surface area (Å²) in [6.07, 6.45) is 6.51. The van der Waals surface area contributed by atoms with Gasteiger partial charge in [-0.25, -0.2) is 0 Å². The number of amides is 4. The molecule has 2 saturated heterocycles. The van der Waals surface area contributed by atoms with Crippen LogP contribution in [0, 0.1) is 35.5 Å². The summed E-state index contributed by atoms with van der Waals surface area (Å²) in [5.41, 5.74) is 3.32. The quantitative estimate of drug-likeness (QED) is 0.275. The van der Waals surface area contributed by atoms with E-state index in [0.29, 0.717) is 18.4 Å². The first-order chi connectivity index (χ1) is 22.8. The Labute approximate surface area is 273 Å². The van der Waals surface area contributed by atoms with Gasteiger partial charge in [0.05, 0.1) is 51.0 Å². The smallest absolute Gasteiger partial charge is 0.234 e. The second-order valence-electron chi connectivity index (χ2n) is 12.7. The van der Waals surface area contributed by atoms with E-state index < -0.39 is 29.6 Å². The van der Waals surface area contributed by atoms with Crippen molar-refractivity contribution in [3.8, 4) is 17.2 Å². The number of carbonyl (C=O) groups excluding carboxylic acids is 4. The van der Waals surface area contributed by atoms with Crippen LogP contribution in [0.3, 0.4) is 0 Å². The number of fused-ring (bicyclic) bond motifs is 4. The number of hydrogen-bond donors (Lipinski definition) is 1. The summed E-state index contributed by atoms with van der Waals surface area (Å²) in [5.74, 6) is -3.74. The fourth-order valence-corrected chi connectivity index (χ4v) is 8.05. The standard InChI is InChI=1S/C38H36N2O7/c1-46-30-17-24(18-31(47-2)34(30)41)13-14-26-25-15-16-27-33(38(45)39(35(27)42)20-22-9-5-3-6-10-22)28(25)19-29-32(26)37(44)40(36(29)43)21-23-11-7-4-8-12-23/h3-15,17-18,26-29,32-33,41H,16,19-21H2,1-2H3. The predicted octanol–water partition coefficient (Wildman–Crippen LogP) is 4.99. The number of ether oxygens (including phenoxy) is 2. The maximum Gasteiger partial charge on any atom is 0.234 e. The molecule has 2 aliphatic heterocycles. The van der Waals surface area contributed by atoms with E-state index in [9.17, 15) is 24.3 Å². The minimum absolute atomic E-state index is 0.122. The van der Waals surface area contributed by atoms with Gasteiger partial charge in [-0.15, -0.1) is 0 Å². The third-order valence-electron chi connectivity index (χ3n) is 10.2. The molecule has 240 valence electrons. The fraction of sp³-hybridized carbons (Fsp3) is 0.316. The zero-order valence-corrected chi connectivity index (χ0v) is 26.2. The second kappa shape index (κ2) is 12.2. The highest BCUT2D eigenvalue weighted by Crippen LogP contribution is 2.55. The molecule has 4 amide bonds. The molecule has 4 aliphatic rings. The summed E-state index contributed by atoms with van der Waals surface area (Å²) in [4.78, 5) is 58.6. The normalized spacial score (nSPS) is 26.7. The Bertz CT molecular complexity index is 1780. The summed E-state index contributed by atoms with van der Waals surface area (Å²) in [5, 5.41) is 10.4. The van der Waals surface area contributed by atoms with Crippen LogP contribution in [0.4, 0.5) is 0 Å². The SMILES string of the molecule is COc1cc(C=CC2C3=CCC4C(=O)N(Cc5ccccc5)C(=O)C4C3CC3C(=O)N(Cc4ccccc4)C(=O)C23)cc(OC)c1O. The molecular weight excluding hydrogens is 596 g/mol. The van der Waals surface area contributed by atoms with Crippen LogP contribution in [0.15, 0.2) is 90.5 Å². The second-order valence-corrected chi connectivity index (χ2v) is 12.7. The van der Waals surface area contributed by atoms with E-state index in [-0.39, 0.29) is 59.9 Å². The first-order valence-electron chi connectivity index (χ1n) is 15.9. The zero-order chi connectivity index (χ0) is 32.8. The lowest BCUT2D eigenvalue weighted by Crippen LogP contribution is -2.43. The van der Waals surface area contributed by atoms with Crippen LogP contribution in [0.1, 0.15) is 29.5 Å². The van der Waals surface area contributed by atoms with Crippen LogP contribution >= 0.6 is 0 Å². The molecule has 0 radical (unpaired) electrons. The summed E-state index contributed by atoms with van der Waals surface area (Å²) < 4.78 is 10.7. The van der Waals surface area contributed by atoms with Gasteiger partial charge >= 0.3 is 0 Å². The number of allylic oxidation sites excluding steroid dienone is 3. The Hall–Kier alpha value is -5.18. The fourth-order valence-electron chi connectivity index (χ4n) is 8.05. The molecule has 0 aromatic heterocycles. The number of likely N-dealkylation sites (tertiary alicyclic amines) is 2. The van der Waals surface area contributed by atoms with Crippen LogP contribution < -0.4 is 9.47 Å². The van der Waals surface area contributed by atoms with Gasteiger partial charge in [-0.3, -0.25) is 29.0 Å². The van der Waals surface area contributed by atoms with Gasteiger partial charge in [0.15, 0.2) is 11.5 Å². The van der Waals surface area contributed by atoms with E-state index in [4.69, 9.17) is 9.47 Å². The Morgan fingerprint density at radius 2 is 1.26 bits per heavy atom. The van der Waals surface area contributed by atoms with Crippen molar-refractivity contribution in [2.24, 2.45) is 35.5 Å². The number of methoxy groups -OCH3 is 2. The van der Waals surface area contributed by atoms with Gasteiger partial charge in [-0.05, 0) is 47.6 Å². The van der Waals surface area contributed by atoms with Gasteiger partial charge in [0.1, 0.15) is 0 Å². The van der Waals surface area contributed by atoms with Gasteiger partial charge in [0, 0.05) is 5.92 Å². The highest BCUT2D eigenvalue weighted by molar-refractivity contribution is 6.07. The van der Waals surface area contributed by atoms with Gasteiger partial charge in [-0.1, -0.05) is 84.5 Å². The molecule has 47 heavy (non-hydrogen) atoms. The first-order valence-corrected chi connectivity index (χ1v) is 15.9. The number of benzene rings is 3. The summed E-state index contributed by atoms with van der Waals surface area (Å²) in [6, 6.07) is 22.2. The molecule has 0 spiro atoms. The molecule has 0 bridgehead atoms. The van der Waals surface area contributed by atoms with Crippen molar-refractivity contribution < 1.29 is 33.8 Å². The number of phenolic OH excluding ortho intramolecular Hbond substituents is 1. The van der Waals surface area contributed by atoms with Crippen LogP contribution in [0.2, 0.25) is 0 Å². The maximum atomic E-state index is 14.1. The van der Waals surface area contributed by atoms with Gasteiger partial charge in [0.2, 0.25) is 29.4 Å². The molecule has 2 aliphatic carbocycles. The molecule has 7 rings (SSSR count). The van der Waals surface area contributed by atoms with Crippen LogP contribution in [0.25, 0.3) is 6.08 Å². The van der Waals surface area contributed by atoms with Crippen molar-refractivity contribution in [3.05, 3.63) is 107 Å². The lowest BCUT2D eigenvalue weighted by molar-refractivity contribution is -0.142. The van der Waals surface area contributed by atoms with Crippen LogP contribution in [0.5, 0.6) is 17.2 Å². The molecule has 3 aromatic carbocycles. The third kappa shape index (κ3) is 5.19. The van der Waals surface area contributed by atoms with E-state index in [1.807, 2.05) is 78.9 Å². The van der Waals surface area contributed by atoms with E-state index in [1.165, 1.54) is 24.0 Å². The maximum absolute atomic E-state index is 14.1. The Balaban J connectivity index is 1.26. The van der Waals surface area contributed by atoms with Crippen molar-refractivity contribution in [2.75, 3.05) is 14.2 Å². The topological polar surface area (TPSA) is 113 Å². The average Bonchev–Trinajstić information content (AvgIpc) is 3.48. The predicted molar refractivity (Wildman–Crippen MR) is 172 cm³/mol. The molecule has 6 atom stereocenters. The molecule has 9 nitrogen and oxygen atoms in total. The minimum Gasteiger partial charge on any atom is -0.502 e. The molecule has 9 heteroatoms. The lowest BCUT2D eigenvalue weighted by atomic mass is 9.58. The number of carbonyl (C=O) groups is 4. The monoisotopic (exact) mass is 632 g/mol. The minimum atomic E-state index is -0.643. The zero-order valence-electron chi connectivity index (χ0n) is 26.2. The molecule has 3 fully saturated rings. The van der Waals surface area contributed by atoms with Crippen molar-refractivity contribution in [2.45, 2.75) is 25.9 Å². The van der Waals surface area contributed by atoms with Crippen LogP contribution in [-0.4, -0.2) is 52.8 Å². The number of nitrogens with zero attached hydrogens (tertiary/aromatic N) is 2. The Morgan fingerprint density at radius 1 is 0.723 bits per heavy atom. The molecule has 2 heterocycles. The van der Waals surface area contributed by atoms with Crippen molar-refractivity contribution >= 4 is 29.7 Å². The molecule has 1 saturated carbocycles. The molecule has 1 N–H and O–H groups in total. The first kappa shape index (κ1) is 30.5. The number of imide groups is 2. The van der Waals surface area contributed by atoms with Crippen molar-refractivity contribution in [1.82, 2.24) is 9.80 Å². The van der Waals surface area contributed by atoms with E-state index in [2.05, 4.69) is 0 Å². The number of hydrogen-bond acceptors (Lipinski definition) is 7. The van der Waals surface area contributed by atoms with Gasteiger partial charge in [-0.2, -0.15) is 0 Å². The van der Waals surface area contributed by atoms with Gasteiger partial charge in [0.25, 0.3) is 0 Å². The van der Waals surface area contributed by atoms with E-state index >= 15 is 0 Å². The van der Waals surface area contributed by atoms with Gasteiger partial charge < -0.3 is 14.6 Å². The van der Waals surface area contributed by atoms with Crippen molar-refractivity contribution in [3.63, 3.8) is 0 Å². The highest BCUT2D eigenvalue weighted by atomic mass is 16.5. The Morgan fingerprint density at radius 3 is 1.81 bits per heavy atom. The number of aromatic hydroxyl groups is 1. The molecule has 6 unspecified atom stereocenters. The third-order valence-corrected chi connectivity index (χ3v) is 10.2. The summed E-state index contributed by atoms with van der Waals surface area (Å²) >= 11 is 0. The average molecular weight is 633 g/mol.